The van der Waals surface area contributed by atoms with Gasteiger partial charge in [-0.1, -0.05) is 45.1 Å². The van der Waals surface area contributed by atoms with Crippen LogP contribution in [0.2, 0.25) is 0 Å². The van der Waals surface area contributed by atoms with Crippen LogP contribution in [-0.2, 0) is 4.79 Å². The van der Waals surface area contributed by atoms with Crippen molar-refractivity contribution in [2.45, 2.75) is 45.4 Å². The molecule has 1 aromatic carbocycles. The molecule has 0 unspecified atom stereocenters. The molecule has 0 aliphatic rings. The Morgan fingerprint density at radius 3 is 2.56 bits per heavy atom. The average Bonchev–Trinajstić information content (AvgIpc) is 2.39. The Morgan fingerprint density at radius 2 is 1.78 bits per heavy atom. The molecule has 0 atom stereocenters. The first-order chi connectivity index (χ1) is 8.86. The molecule has 0 amide bonds. The van der Waals surface area contributed by atoms with E-state index in [-0.39, 0.29) is 0 Å². The smallest absolute Gasteiger partial charge is 0.298 e. The maximum atomic E-state index is 10.2. The fourth-order valence-corrected chi connectivity index (χ4v) is 1.77. The van der Waals surface area contributed by atoms with Crippen molar-refractivity contribution in [3.8, 4) is 11.5 Å². The summed E-state index contributed by atoms with van der Waals surface area (Å²) in [5, 5.41) is 0. The van der Waals surface area contributed by atoms with Crippen molar-refractivity contribution in [3.63, 3.8) is 0 Å². The zero-order valence-corrected chi connectivity index (χ0v) is 11.1. The second-order valence-electron chi connectivity index (χ2n) is 4.31. The first-order valence-electron chi connectivity index (χ1n) is 6.70. The van der Waals surface area contributed by atoms with Gasteiger partial charge < -0.3 is 9.47 Å². The molecule has 3 heteroatoms. The summed E-state index contributed by atoms with van der Waals surface area (Å²) in [7, 11) is 0. The van der Waals surface area contributed by atoms with E-state index in [1.165, 1.54) is 32.1 Å². The quantitative estimate of drug-likeness (QED) is 0.465. The van der Waals surface area contributed by atoms with E-state index in [1.54, 1.807) is 12.1 Å². The summed E-state index contributed by atoms with van der Waals surface area (Å²) in [5.41, 5.74) is 0. The van der Waals surface area contributed by atoms with Gasteiger partial charge in [-0.3, -0.25) is 4.79 Å². The maximum Gasteiger partial charge on any atom is 0.298 e. The molecule has 0 radical (unpaired) electrons. The molecule has 0 fully saturated rings. The van der Waals surface area contributed by atoms with E-state index in [9.17, 15) is 4.79 Å². The van der Waals surface area contributed by atoms with Gasteiger partial charge in [0.25, 0.3) is 6.47 Å². The molecule has 0 aliphatic carbocycles. The second kappa shape index (κ2) is 9.51. The molecule has 3 nitrogen and oxygen atoms in total. The van der Waals surface area contributed by atoms with Crippen molar-refractivity contribution < 1.29 is 14.3 Å². The van der Waals surface area contributed by atoms with Gasteiger partial charge in [0.15, 0.2) is 0 Å². The molecule has 0 N–H and O–H groups in total. The minimum absolute atomic E-state index is 0.423. The van der Waals surface area contributed by atoms with Gasteiger partial charge in [0, 0.05) is 6.07 Å². The lowest BCUT2D eigenvalue weighted by molar-refractivity contribution is -0.120. The number of benzene rings is 1. The summed E-state index contributed by atoms with van der Waals surface area (Å²) in [6.45, 7) is 3.36. The Bertz CT molecular complexity index is 336. The predicted molar refractivity (Wildman–Crippen MR) is 72.0 cm³/mol. The molecule has 0 aromatic heterocycles. The first kappa shape index (κ1) is 14.6. The molecule has 0 saturated heterocycles. The van der Waals surface area contributed by atoms with E-state index >= 15 is 0 Å². The third kappa shape index (κ3) is 6.28. The summed E-state index contributed by atoms with van der Waals surface area (Å²) >= 11 is 0. The van der Waals surface area contributed by atoms with Gasteiger partial charge >= 0.3 is 0 Å². The summed E-state index contributed by atoms with van der Waals surface area (Å²) in [6, 6.07) is 7.14. The van der Waals surface area contributed by atoms with Crippen molar-refractivity contribution >= 4 is 6.47 Å². The van der Waals surface area contributed by atoms with Crippen LogP contribution in [0, 0.1) is 0 Å². The molecule has 1 aromatic rings. The second-order valence-corrected chi connectivity index (χ2v) is 4.31. The van der Waals surface area contributed by atoms with Crippen molar-refractivity contribution in [3.05, 3.63) is 24.3 Å². The molecule has 0 bridgehead atoms. The van der Waals surface area contributed by atoms with Crippen LogP contribution in [-0.4, -0.2) is 13.1 Å². The SMILES string of the molecule is CCCCCCCCOc1cccc(OC=O)c1. The predicted octanol–water partition coefficient (Wildman–Crippen LogP) is 3.96. The monoisotopic (exact) mass is 250 g/mol. The van der Waals surface area contributed by atoms with Crippen molar-refractivity contribution in [1.29, 1.82) is 0 Å². The highest BCUT2D eigenvalue weighted by Crippen LogP contribution is 2.19. The Balaban J connectivity index is 2.14. The topological polar surface area (TPSA) is 35.5 Å². The van der Waals surface area contributed by atoms with Gasteiger partial charge in [-0.2, -0.15) is 0 Å². The van der Waals surface area contributed by atoms with E-state index in [4.69, 9.17) is 9.47 Å². The molecule has 1 rings (SSSR count). The Morgan fingerprint density at radius 1 is 1.06 bits per heavy atom. The normalized spacial score (nSPS) is 10.1. The summed E-state index contributed by atoms with van der Waals surface area (Å²) in [5.74, 6) is 1.27. The van der Waals surface area contributed by atoms with E-state index in [0.717, 1.165) is 18.8 Å². The Hall–Kier alpha value is -1.51. The number of unbranched alkanes of at least 4 members (excludes halogenated alkanes) is 5. The molecule has 0 heterocycles. The van der Waals surface area contributed by atoms with Gasteiger partial charge in [-0.25, -0.2) is 0 Å². The third-order valence-corrected chi connectivity index (χ3v) is 2.76. The number of hydrogen-bond donors (Lipinski definition) is 0. The number of rotatable bonds is 10. The molecular weight excluding hydrogens is 228 g/mol. The summed E-state index contributed by atoms with van der Waals surface area (Å²) < 4.78 is 10.4. The fourth-order valence-electron chi connectivity index (χ4n) is 1.77. The van der Waals surface area contributed by atoms with Crippen LogP contribution < -0.4 is 9.47 Å². The van der Waals surface area contributed by atoms with E-state index in [2.05, 4.69) is 6.92 Å². The van der Waals surface area contributed by atoms with Gasteiger partial charge in [-0.15, -0.1) is 0 Å². The van der Waals surface area contributed by atoms with Crippen LogP contribution in [0.15, 0.2) is 24.3 Å². The highest BCUT2D eigenvalue weighted by atomic mass is 16.5. The van der Waals surface area contributed by atoms with Crippen LogP contribution in [0.25, 0.3) is 0 Å². The van der Waals surface area contributed by atoms with Crippen LogP contribution in [0.1, 0.15) is 45.4 Å². The number of ether oxygens (including phenoxy) is 2. The highest BCUT2D eigenvalue weighted by Gasteiger charge is 1.97. The van der Waals surface area contributed by atoms with E-state index in [1.807, 2.05) is 12.1 Å². The van der Waals surface area contributed by atoms with Crippen molar-refractivity contribution in [1.82, 2.24) is 0 Å². The standard InChI is InChI=1S/C15H22O3/c1-2-3-4-5-6-7-11-17-14-9-8-10-15(12-14)18-13-16/h8-10,12-13H,2-7,11H2,1H3. The zero-order chi connectivity index (χ0) is 13.1. The van der Waals surface area contributed by atoms with E-state index < -0.39 is 0 Å². The number of carbonyl (C=O) groups excluding carboxylic acids is 1. The van der Waals surface area contributed by atoms with Gasteiger partial charge in [0.1, 0.15) is 11.5 Å². The van der Waals surface area contributed by atoms with Gasteiger partial charge in [0.05, 0.1) is 6.61 Å². The van der Waals surface area contributed by atoms with Gasteiger partial charge in [-0.05, 0) is 18.6 Å². The van der Waals surface area contributed by atoms with Crippen LogP contribution in [0.4, 0.5) is 0 Å². The third-order valence-electron chi connectivity index (χ3n) is 2.76. The Kier molecular flexibility index (Phi) is 7.69. The fraction of sp³-hybridized carbons (Fsp3) is 0.533. The maximum absolute atomic E-state index is 10.2. The minimum Gasteiger partial charge on any atom is -0.493 e. The van der Waals surface area contributed by atoms with Crippen LogP contribution in [0.5, 0.6) is 11.5 Å². The van der Waals surface area contributed by atoms with Crippen LogP contribution in [0.3, 0.4) is 0 Å². The van der Waals surface area contributed by atoms with Gasteiger partial charge in [0.2, 0.25) is 0 Å². The molecule has 0 aliphatic heterocycles. The lowest BCUT2D eigenvalue weighted by Crippen LogP contribution is -1.97. The number of hydrogen-bond acceptors (Lipinski definition) is 3. The first-order valence-corrected chi connectivity index (χ1v) is 6.70. The number of carbonyl (C=O) groups is 1. The molecule has 18 heavy (non-hydrogen) atoms. The van der Waals surface area contributed by atoms with Crippen molar-refractivity contribution in [2.75, 3.05) is 6.61 Å². The molecular formula is C15H22O3. The summed E-state index contributed by atoms with van der Waals surface area (Å²) in [6.07, 6.45) is 7.49. The van der Waals surface area contributed by atoms with Crippen LogP contribution >= 0.6 is 0 Å². The van der Waals surface area contributed by atoms with Crippen molar-refractivity contribution in [2.24, 2.45) is 0 Å². The lowest BCUT2D eigenvalue weighted by Gasteiger charge is -2.07. The Labute approximate surface area is 109 Å². The highest BCUT2D eigenvalue weighted by molar-refractivity contribution is 5.46. The average molecular weight is 250 g/mol. The zero-order valence-electron chi connectivity index (χ0n) is 11.1. The molecule has 0 saturated carbocycles. The van der Waals surface area contributed by atoms with E-state index in [0.29, 0.717) is 12.2 Å². The lowest BCUT2D eigenvalue weighted by atomic mass is 10.1. The largest absolute Gasteiger partial charge is 0.493 e. The summed E-state index contributed by atoms with van der Waals surface area (Å²) in [4.78, 5) is 10.2. The molecule has 100 valence electrons. The molecule has 0 spiro atoms. The minimum atomic E-state index is 0.423.